The van der Waals surface area contributed by atoms with Crippen LogP contribution < -0.4 is 9.47 Å². The number of hydrogen-bond donors (Lipinski definition) is 1. The van der Waals surface area contributed by atoms with Gasteiger partial charge < -0.3 is 14.6 Å². The molecule has 0 radical (unpaired) electrons. The standard InChI is InChI=1S/C16H15FO4/c1-11-2-4-12(5-3-11)20-8-9-21-13-6-7-14(16(18)19)15(17)10-13/h2-7,10H,8-9H2,1H3,(H,18,19). The van der Waals surface area contributed by atoms with Crippen LogP contribution in [0.5, 0.6) is 11.5 Å². The molecule has 2 aromatic rings. The Bertz CT molecular complexity index is 623. The average Bonchev–Trinajstić information content (AvgIpc) is 2.45. The van der Waals surface area contributed by atoms with E-state index in [2.05, 4.69) is 0 Å². The van der Waals surface area contributed by atoms with Crippen molar-refractivity contribution in [1.29, 1.82) is 0 Å². The predicted molar refractivity (Wildman–Crippen MR) is 75.5 cm³/mol. The Labute approximate surface area is 121 Å². The monoisotopic (exact) mass is 290 g/mol. The number of carboxylic acid groups (broad SMARTS) is 1. The Morgan fingerprint density at radius 1 is 1.05 bits per heavy atom. The highest BCUT2D eigenvalue weighted by Crippen LogP contribution is 2.17. The van der Waals surface area contributed by atoms with Crippen LogP contribution in [0, 0.1) is 12.7 Å². The van der Waals surface area contributed by atoms with E-state index in [0.717, 1.165) is 17.4 Å². The maximum Gasteiger partial charge on any atom is 0.338 e. The summed E-state index contributed by atoms with van der Waals surface area (Å²) in [7, 11) is 0. The van der Waals surface area contributed by atoms with Crippen LogP contribution in [-0.4, -0.2) is 24.3 Å². The zero-order chi connectivity index (χ0) is 15.2. The van der Waals surface area contributed by atoms with E-state index in [-0.39, 0.29) is 17.9 Å². The Balaban J connectivity index is 1.82. The molecule has 5 heteroatoms. The summed E-state index contributed by atoms with van der Waals surface area (Å²) in [4.78, 5) is 10.7. The summed E-state index contributed by atoms with van der Waals surface area (Å²) in [5.74, 6) is -1.12. The van der Waals surface area contributed by atoms with Crippen LogP contribution in [0.2, 0.25) is 0 Å². The van der Waals surface area contributed by atoms with Crippen molar-refractivity contribution in [2.45, 2.75) is 6.92 Å². The number of carboxylic acids is 1. The van der Waals surface area contributed by atoms with Crippen LogP contribution in [0.15, 0.2) is 42.5 Å². The minimum absolute atomic E-state index is 0.236. The Morgan fingerprint density at radius 3 is 2.19 bits per heavy atom. The molecule has 0 aromatic heterocycles. The second kappa shape index (κ2) is 6.74. The quantitative estimate of drug-likeness (QED) is 0.829. The van der Waals surface area contributed by atoms with Crippen molar-refractivity contribution < 1.29 is 23.8 Å². The number of ether oxygens (including phenoxy) is 2. The van der Waals surface area contributed by atoms with Crippen LogP contribution in [0.4, 0.5) is 4.39 Å². The van der Waals surface area contributed by atoms with Gasteiger partial charge in [0.05, 0.1) is 5.56 Å². The molecule has 0 saturated carbocycles. The number of aryl methyl sites for hydroxylation is 1. The van der Waals surface area contributed by atoms with Gasteiger partial charge in [0.1, 0.15) is 30.5 Å². The average molecular weight is 290 g/mol. The van der Waals surface area contributed by atoms with Crippen LogP contribution in [0.1, 0.15) is 15.9 Å². The maximum absolute atomic E-state index is 13.4. The van der Waals surface area contributed by atoms with Gasteiger partial charge in [-0.3, -0.25) is 0 Å². The molecular formula is C16H15FO4. The van der Waals surface area contributed by atoms with Gasteiger partial charge in [-0.05, 0) is 31.2 Å². The van der Waals surface area contributed by atoms with E-state index in [1.54, 1.807) is 0 Å². The molecule has 0 saturated heterocycles. The minimum Gasteiger partial charge on any atom is -0.490 e. The molecule has 0 atom stereocenters. The Hall–Kier alpha value is -2.56. The maximum atomic E-state index is 13.4. The van der Waals surface area contributed by atoms with Crippen molar-refractivity contribution in [1.82, 2.24) is 0 Å². The summed E-state index contributed by atoms with van der Waals surface area (Å²) in [6, 6.07) is 11.2. The number of rotatable bonds is 6. The summed E-state index contributed by atoms with van der Waals surface area (Å²) < 4.78 is 24.2. The summed E-state index contributed by atoms with van der Waals surface area (Å²) in [5, 5.41) is 8.72. The molecular weight excluding hydrogens is 275 g/mol. The molecule has 0 unspecified atom stereocenters. The van der Waals surface area contributed by atoms with Gasteiger partial charge in [0, 0.05) is 6.07 Å². The first kappa shape index (κ1) is 14.8. The van der Waals surface area contributed by atoms with Crippen LogP contribution >= 0.6 is 0 Å². The van der Waals surface area contributed by atoms with Gasteiger partial charge in [-0.1, -0.05) is 17.7 Å². The van der Waals surface area contributed by atoms with E-state index in [4.69, 9.17) is 14.6 Å². The highest BCUT2D eigenvalue weighted by molar-refractivity contribution is 5.88. The van der Waals surface area contributed by atoms with Gasteiger partial charge in [0.2, 0.25) is 0 Å². The Kier molecular flexibility index (Phi) is 4.77. The molecule has 1 N–H and O–H groups in total. The lowest BCUT2D eigenvalue weighted by atomic mass is 10.2. The predicted octanol–water partition coefficient (Wildman–Crippen LogP) is 3.29. The van der Waals surface area contributed by atoms with Crippen LogP contribution in [0.25, 0.3) is 0 Å². The van der Waals surface area contributed by atoms with Crippen molar-refractivity contribution in [3.8, 4) is 11.5 Å². The highest BCUT2D eigenvalue weighted by atomic mass is 19.1. The lowest BCUT2D eigenvalue weighted by Gasteiger charge is -2.09. The smallest absolute Gasteiger partial charge is 0.338 e. The molecule has 0 fully saturated rings. The highest BCUT2D eigenvalue weighted by Gasteiger charge is 2.10. The first-order chi connectivity index (χ1) is 10.1. The van der Waals surface area contributed by atoms with Crippen molar-refractivity contribution in [2.75, 3.05) is 13.2 Å². The fourth-order valence-electron chi connectivity index (χ4n) is 1.71. The lowest BCUT2D eigenvalue weighted by Crippen LogP contribution is -2.09. The number of halogens is 1. The third-order valence-electron chi connectivity index (χ3n) is 2.81. The zero-order valence-corrected chi connectivity index (χ0v) is 11.5. The van der Waals surface area contributed by atoms with E-state index < -0.39 is 11.8 Å². The minimum atomic E-state index is -1.30. The van der Waals surface area contributed by atoms with Gasteiger partial charge >= 0.3 is 5.97 Å². The molecule has 0 bridgehead atoms. The summed E-state index contributed by atoms with van der Waals surface area (Å²) >= 11 is 0. The molecule has 110 valence electrons. The Morgan fingerprint density at radius 2 is 1.62 bits per heavy atom. The molecule has 0 aliphatic rings. The lowest BCUT2D eigenvalue weighted by molar-refractivity contribution is 0.0691. The summed E-state index contributed by atoms with van der Waals surface area (Å²) in [6.07, 6.45) is 0. The second-order valence-corrected chi connectivity index (χ2v) is 4.46. The van der Waals surface area contributed by atoms with E-state index in [1.165, 1.54) is 12.1 Å². The number of aromatic carboxylic acids is 1. The molecule has 2 rings (SSSR count). The fourth-order valence-corrected chi connectivity index (χ4v) is 1.71. The molecule has 2 aromatic carbocycles. The fraction of sp³-hybridized carbons (Fsp3) is 0.188. The third kappa shape index (κ3) is 4.21. The number of hydrogen-bond acceptors (Lipinski definition) is 3. The zero-order valence-electron chi connectivity index (χ0n) is 11.5. The summed E-state index contributed by atoms with van der Waals surface area (Å²) in [6.45, 7) is 2.54. The van der Waals surface area contributed by atoms with Crippen molar-refractivity contribution in [3.05, 3.63) is 59.4 Å². The summed E-state index contributed by atoms with van der Waals surface area (Å²) in [5.41, 5.74) is 0.769. The SMILES string of the molecule is Cc1ccc(OCCOc2ccc(C(=O)O)c(F)c2)cc1. The van der Waals surface area contributed by atoms with Gasteiger partial charge in [-0.25, -0.2) is 9.18 Å². The van der Waals surface area contributed by atoms with Crippen LogP contribution in [-0.2, 0) is 0 Å². The molecule has 0 heterocycles. The van der Waals surface area contributed by atoms with E-state index >= 15 is 0 Å². The molecule has 21 heavy (non-hydrogen) atoms. The molecule has 4 nitrogen and oxygen atoms in total. The van der Waals surface area contributed by atoms with Gasteiger partial charge in [-0.2, -0.15) is 0 Å². The van der Waals surface area contributed by atoms with Crippen molar-refractivity contribution in [3.63, 3.8) is 0 Å². The first-order valence-electron chi connectivity index (χ1n) is 6.41. The van der Waals surface area contributed by atoms with Crippen LogP contribution in [0.3, 0.4) is 0 Å². The van der Waals surface area contributed by atoms with Gasteiger partial charge in [-0.15, -0.1) is 0 Å². The van der Waals surface area contributed by atoms with Crippen molar-refractivity contribution in [2.24, 2.45) is 0 Å². The molecule has 0 aliphatic carbocycles. The van der Waals surface area contributed by atoms with E-state index in [0.29, 0.717) is 6.61 Å². The normalized spacial score (nSPS) is 10.2. The van der Waals surface area contributed by atoms with E-state index in [9.17, 15) is 9.18 Å². The molecule has 0 aliphatic heterocycles. The topological polar surface area (TPSA) is 55.8 Å². The number of benzene rings is 2. The van der Waals surface area contributed by atoms with E-state index in [1.807, 2.05) is 31.2 Å². The van der Waals surface area contributed by atoms with Crippen molar-refractivity contribution >= 4 is 5.97 Å². The first-order valence-corrected chi connectivity index (χ1v) is 6.41. The number of carbonyl (C=O) groups is 1. The van der Waals surface area contributed by atoms with Gasteiger partial charge in [0.25, 0.3) is 0 Å². The largest absolute Gasteiger partial charge is 0.490 e. The molecule has 0 spiro atoms. The third-order valence-corrected chi connectivity index (χ3v) is 2.81. The second-order valence-electron chi connectivity index (χ2n) is 4.46. The molecule has 0 amide bonds. The van der Waals surface area contributed by atoms with Gasteiger partial charge in [0.15, 0.2) is 0 Å².